The average molecular weight is 328 g/mol. The SMILES string of the molecule is O=C(NCCn1ccc(-c2ccccn2)n1)c1ccc(F)c(F)c1. The first-order valence-corrected chi connectivity index (χ1v) is 7.31. The van der Waals surface area contributed by atoms with Crippen LogP contribution in [0.15, 0.2) is 54.9 Å². The summed E-state index contributed by atoms with van der Waals surface area (Å²) in [6.07, 6.45) is 3.48. The lowest BCUT2D eigenvalue weighted by Gasteiger charge is -2.06. The van der Waals surface area contributed by atoms with Gasteiger partial charge in [0.1, 0.15) is 5.69 Å². The van der Waals surface area contributed by atoms with Gasteiger partial charge in [0, 0.05) is 24.5 Å². The van der Waals surface area contributed by atoms with Crippen molar-refractivity contribution in [3.63, 3.8) is 0 Å². The standard InChI is InChI=1S/C17H14F2N4O/c18-13-5-4-12(11-14(13)19)17(24)21-8-10-23-9-6-16(22-23)15-3-1-2-7-20-15/h1-7,9,11H,8,10H2,(H,21,24). The van der Waals surface area contributed by atoms with Crippen molar-refractivity contribution in [3.8, 4) is 11.4 Å². The number of hydrogen-bond acceptors (Lipinski definition) is 3. The van der Waals surface area contributed by atoms with E-state index in [0.717, 1.165) is 23.5 Å². The highest BCUT2D eigenvalue weighted by atomic mass is 19.2. The minimum Gasteiger partial charge on any atom is -0.350 e. The van der Waals surface area contributed by atoms with Gasteiger partial charge in [-0.05, 0) is 36.4 Å². The second kappa shape index (κ2) is 6.99. The zero-order valence-electron chi connectivity index (χ0n) is 12.6. The van der Waals surface area contributed by atoms with Gasteiger partial charge in [-0.1, -0.05) is 6.07 Å². The lowest BCUT2D eigenvalue weighted by molar-refractivity contribution is 0.0951. The minimum atomic E-state index is -1.05. The number of nitrogens with one attached hydrogen (secondary N) is 1. The molecule has 1 amide bonds. The molecule has 2 aromatic heterocycles. The van der Waals surface area contributed by atoms with Crippen molar-refractivity contribution in [2.45, 2.75) is 6.54 Å². The van der Waals surface area contributed by atoms with Crippen LogP contribution in [0.3, 0.4) is 0 Å². The van der Waals surface area contributed by atoms with E-state index < -0.39 is 17.5 Å². The lowest BCUT2D eigenvalue weighted by atomic mass is 10.2. The molecule has 2 heterocycles. The van der Waals surface area contributed by atoms with Crippen molar-refractivity contribution in [3.05, 3.63) is 72.1 Å². The van der Waals surface area contributed by atoms with E-state index in [4.69, 9.17) is 0 Å². The number of benzene rings is 1. The summed E-state index contributed by atoms with van der Waals surface area (Å²) in [6, 6.07) is 10.4. The molecule has 0 radical (unpaired) electrons. The molecule has 0 fully saturated rings. The van der Waals surface area contributed by atoms with E-state index in [1.165, 1.54) is 6.07 Å². The summed E-state index contributed by atoms with van der Waals surface area (Å²) < 4.78 is 27.6. The van der Waals surface area contributed by atoms with Gasteiger partial charge in [0.15, 0.2) is 11.6 Å². The Hall–Kier alpha value is -3.09. The first-order chi connectivity index (χ1) is 11.6. The molecule has 0 aliphatic heterocycles. The molecule has 7 heteroatoms. The van der Waals surface area contributed by atoms with Crippen LogP contribution in [-0.4, -0.2) is 27.2 Å². The molecule has 0 atom stereocenters. The van der Waals surface area contributed by atoms with Gasteiger partial charge < -0.3 is 5.32 Å². The molecule has 0 spiro atoms. The highest BCUT2D eigenvalue weighted by Crippen LogP contribution is 2.12. The van der Waals surface area contributed by atoms with Crippen LogP contribution in [-0.2, 0) is 6.54 Å². The van der Waals surface area contributed by atoms with Gasteiger partial charge in [-0.2, -0.15) is 5.10 Å². The molecule has 1 aromatic carbocycles. The van der Waals surface area contributed by atoms with Gasteiger partial charge in [0.25, 0.3) is 5.91 Å². The third-order valence-corrected chi connectivity index (χ3v) is 3.38. The Bertz CT molecular complexity index is 849. The van der Waals surface area contributed by atoms with Crippen LogP contribution in [0.1, 0.15) is 10.4 Å². The number of carbonyl (C=O) groups is 1. The topological polar surface area (TPSA) is 59.8 Å². The molecule has 0 aliphatic rings. The van der Waals surface area contributed by atoms with Gasteiger partial charge in [-0.3, -0.25) is 14.5 Å². The van der Waals surface area contributed by atoms with Crippen LogP contribution in [0.5, 0.6) is 0 Å². The molecular weight excluding hydrogens is 314 g/mol. The second-order valence-electron chi connectivity index (χ2n) is 5.06. The molecule has 0 saturated carbocycles. The number of carbonyl (C=O) groups excluding carboxylic acids is 1. The molecule has 3 aromatic rings. The van der Waals surface area contributed by atoms with Crippen molar-refractivity contribution in [2.75, 3.05) is 6.54 Å². The maximum Gasteiger partial charge on any atom is 0.251 e. The van der Waals surface area contributed by atoms with Gasteiger partial charge in [-0.15, -0.1) is 0 Å². The monoisotopic (exact) mass is 328 g/mol. The Balaban J connectivity index is 1.56. The van der Waals surface area contributed by atoms with Gasteiger partial charge in [-0.25, -0.2) is 8.78 Å². The molecular formula is C17H14F2N4O. The van der Waals surface area contributed by atoms with Crippen molar-refractivity contribution in [2.24, 2.45) is 0 Å². The van der Waals surface area contributed by atoms with Gasteiger partial charge >= 0.3 is 0 Å². The van der Waals surface area contributed by atoms with E-state index in [1.54, 1.807) is 17.1 Å². The third-order valence-electron chi connectivity index (χ3n) is 3.38. The summed E-state index contributed by atoms with van der Waals surface area (Å²) in [4.78, 5) is 16.1. The first kappa shape index (κ1) is 15.8. The zero-order chi connectivity index (χ0) is 16.9. The van der Waals surface area contributed by atoms with Gasteiger partial charge in [0.2, 0.25) is 0 Å². The van der Waals surface area contributed by atoms with Crippen LogP contribution in [0.4, 0.5) is 8.78 Å². The maximum absolute atomic E-state index is 13.1. The molecule has 122 valence electrons. The summed E-state index contributed by atoms with van der Waals surface area (Å²) >= 11 is 0. The van der Waals surface area contributed by atoms with Crippen LogP contribution in [0, 0.1) is 11.6 Å². The fourth-order valence-electron chi connectivity index (χ4n) is 2.16. The number of nitrogens with zero attached hydrogens (tertiary/aromatic N) is 3. The van der Waals surface area contributed by atoms with E-state index in [9.17, 15) is 13.6 Å². The number of aromatic nitrogens is 3. The van der Waals surface area contributed by atoms with Crippen molar-refractivity contribution >= 4 is 5.91 Å². The molecule has 3 rings (SSSR count). The van der Waals surface area contributed by atoms with E-state index in [2.05, 4.69) is 15.4 Å². The molecule has 5 nitrogen and oxygen atoms in total. The molecule has 24 heavy (non-hydrogen) atoms. The van der Waals surface area contributed by atoms with E-state index in [0.29, 0.717) is 13.1 Å². The van der Waals surface area contributed by atoms with E-state index in [-0.39, 0.29) is 5.56 Å². The molecule has 0 aliphatic carbocycles. The number of halogens is 2. The van der Waals surface area contributed by atoms with E-state index in [1.807, 2.05) is 24.3 Å². The first-order valence-electron chi connectivity index (χ1n) is 7.31. The summed E-state index contributed by atoms with van der Waals surface area (Å²) in [5.41, 5.74) is 1.58. The normalized spacial score (nSPS) is 10.6. The average Bonchev–Trinajstić information content (AvgIpc) is 3.07. The maximum atomic E-state index is 13.1. The molecule has 1 N–H and O–H groups in total. The smallest absolute Gasteiger partial charge is 0.251 e. The lowest BCUT2D eigenvalue weighted by Crippen LogP contribution is -2.27. The number of amides is 1. The minimum absolute atomic E-state index is 0.0727. The fraction of sp³-hybridized carbons (Fsp3) is 0.118. The fourth-order valence-corrected chi connectivity index (χ4v) is 2.16. The highest BCUT2D eigenvalue weighted by molar-refractivity contribution is 5.94. The summed E-state index contributed by atoms with van der Waals surface area (Å²) in [5, 5.41) is 7.01. The Morgan fingerprint density at radius 2 is 1.96 bits per heavy atom. The number of rotatable bonds is 5. The second-order valence-corrected chi connectivity index (χ2v) is 5.06. The number of pyridine rings is 1. The van der Waals surface area contributed by atoms with Crippen LogP contribution in [0.2, 0.25) is 0 Å². The van der Waals surface area contributed by atoms with Gasteiger partial charge in [0.05, 0.1) is 12.2 Å². The van der Waals surface area contributed by atoms with Crippen LogP contribution >= 0.6 is 0 Å². The highest BCUT2D eigenvalue weighted by Gasteiger charge is 2.09. The number of hydrogen-bond donors (Lipinski definition) is 1. The summed E-state index contributed by atoms with van der Waals surface area (Å²) in [7, 11) is 0. The Morgan fingerprint density at radius 3 is 2.71 bits per heavy atom. The van der Waals surface area contributed by atoms with Crippen molar-refractivity contribution in [1.82, 2.24) is 20.1 Å². The zero-order valence-corrected chi connectivity index (χ0v) is 12.6. The van der Waals surface area contributed by atoms with Crippen molar-refractivity contribution < 1.29 is 13.6 Å². The summed E-state index contributed by atoms with van der Waals surface area (Å²) in [5.74, 6) is -2.49. The molecule has 0 saturated heterocycles. The van der Waals surface area contributed by atoms with Crippen LogP contribution in [0.25, 0.3) is 11.4 Å². The molecule has 0 bridgehead atoms. The summed E-state index contributed by atoms with van der Waals surface area (Å²) in [6.45, 7) is 0.753. The largest absolute Gasteiger partial charge is 0.350 e. The quantitative estimate of drug-likeness (QED) is 0.783. The van der Waals surface area contributed by atoms with Crippen LogP contribution < -0.4 is 5.32 Å². The Morgan fingerprint density at radius 1 is 1.08 bits per heavy atom. The van der Waals surface area contributed by atoms with Crippen molar-refractivity contribution in [1.29, 1.82) is 0 Å². The predicted molar refractivity (Wildman–Crippen MR) is 84.1 cm³/mol. The van der Waals surface area contributed by atoms with E-state index >= 15 is 0 Å². The predicted octanol–water partition coefficient (Wildman–Crippen LogP) is 2.65. The Kier molecular flexibility index (Phi) is 4.60. The third kappa shape index (κ3) is 3.62. The molecule has 0 unspecified atom stereocenters. The Labute approximate surface area is 137 Å².